The van der Waals surface area contributed by atoms with E-state index in [0.717, 1.165) is 24.1 Å². The van der Waals surface area contributed by atoms with Crippen LogP contribution in [-0.4, -0.2) is 32.2 Å². The normalized spacial score (nSPS) is 16.5. The fourth-order valence-electron chi connectivity index (χ4n) is 3.01. The molecule has 0 aliphatic heterocycles. The van der Waals surface area contributed by atoms with Gasteiger partial charge in [0, 0.05) is 17.8 Å². The van der Waals surface area contributed by atoms with Gasteiger partial charge in [-0.15, -0.1) is 0 Å². The summed E-state index contributed by atoms with van der Waals surface area (Å²) in [4.78, 5) is 12.4. The van der Waals surface area contributed by atoms with Gasteiger partial charge in [0.25, 0.3) is 0 Å². The van der Waals surface area contributed by atoms with Crippen molar-refractivity contribution in [2.45, 2.75) is 58.0 Å². The predicted octanol–water partition coefficient (Wildman–Crippen LogP) is 3.26. The van der Waals surface area contributed by atoms with Crippen LogP contribution in [0, 0.1) is 6.92 Å². The van der Waals surface area contributed by atoms with Crippen molar-refractivity contribution >= 4 is 11.6 Å². The van der Waals surface area contributed by atoms with Crippen LogP contribution in [-0.2, 0) is 4.79 Å². The molecule has 2 rings (SSSR count). The largest absolute Gasteiger partial charge is 0.493 e. The van der Waals surface area contributed by atoms with E-state index in [9.17, 15) is 4.79 Å². The van der Waals surface area contributed by atoms with E-state index in [1.807, 2.05) is 26.0 Å². The van der Waals surface area contributed by atoms with Gasteiger partial charge in [0.05, 0.1) is 14.2 Å². The third-order valence-corrected chi connectivity index (χ3v) is 4.45. The molecule has 1 aromatic rings. The van der Waals surface area contributed by atoms with Crippen molar-refractivity contribution in [2.75, 3.05) is 19.5 Å². The minimum absolute atomic E-state index is 0.0473. The van der Waals surface area contributed by atoms with Gasteiger partial charge in [-0.2, -0.15) is 0 Å². The Kier molecular flexibility index (Phi) is 6.13. The topological polar surface area (TPSA) is 59.6 Å². The molecule has 1 aliphatic carbocycles. The van der Waals surface area contributed by atoms with E-state index >= 15 is 0 Å². The molecule has 0 spiro atoms. The van der Waals surface area contributed by atoms with Crippen molar-refractivity contribution in [1.82, 2.24) is 5.32 Å². The highest BCUT2D eigenvalue weighted by Crippen LogP contribution is 2.33. The highest BCUT2D eigenvalue weighted by atomic mass is 16.5. The smallest absolute Gasteiger partial charge is 0.242 e. The van der Waals surface area contributed by atoms with Crippen molar-refractivity contribution in [3.63, 3.8) is 0 Å². The summed E-state index contributed by atoms with van der Waals surface area (Å²) in [6.07, 6.45) is 5.88. The van der Waals surface area contributed by atoms with E-state index in [4.69, 9.17) is 9.47 Å². The van der Waals surface area contributed by atoms with Gasteiger partial charge in [-0.3, -0.25) is 4.79 Å². The Morgan fingerprint density at radius 3 is 2.35 bits per heavy atom. The molecule has 0 radical (unpaired) electrons. The molecule has 128 valence electrons. The zero-order chi connectivity index (χ0) is 16.8. The van der Waals surface area contributed by atoms with E-state index in [0.29, 0.717) is 17.5 Å². The third-order valence-electron chi connectivity index (χ3n) is 4.45. The summed E-state index contributed by atoms with van der Waals surface area (Å²) < 4.78 is 10.6. The minimum Gasteiger partial charge on any atom is -0.493 e. The number of benzene rings is 1. The first-order valence-electron chi connectivity index (χ1n) is 8.34. The Morgan fingerprint density at radius 1 is 1.13 bits per heavy atom. The lowest BCUT2D eigenvalue weighted by molar-refractivity contribution is -0.122. The summed E-state index contributed by atoms with van der Waals surface area (Å²) in [6.45, 7) is 3.87. The minimum atomic E-state index is -0.297. The molecule has 1 fully saturated rings. The SMILES string of the molecule is COc1cc(C)c(NC(C)C(=O)NC2CCCCC2)cc1OC. The van der Waals surface area contributed by atoms with Crippen LogP contribution in [0.2, 0.25) is 0 Å². The van der Waals surface area contributed by atoms with E-state index in [-0.39, 0.29) is 11.9 Å². The Balaban J connectivity index is 2.01. The molecule has 0 aromatic heterocycles. The van der Waals surface area contributed by atoms with Crippen LogP contribution in [0.4, 0.5) is 5.69 Å². The number of aryl methyl sites for hydroxylation is 1. The Labute approximate surface area is 138 Å². The molecule has 1 saturated carbocycles. The number of carbonyl (C=O) groups is 1. The molecule has 23 heavy (non-hydrogen) atoms. The number of hydrogen-bond acceptors (Lipinski definition) is 4. The van der Waals surface area contributed by atoms with Crippen molar-refractivity contribution < 1.29 is 14.3 Å². The number of carbonyl (C=O) groups excluding carboxylic acids is 1. The molecule has 1 aromatic carbocycles. The number of amides is 1. The van der Waals surface area contributed by atoms with Gasteiger partial charge in [0.15, 0.2) is 11.5 Å². The first-order valence-corrected chi connectivity index (χ1v) is 8.34. The molecular weight excluding hydrogens is 292 g/mol. The number of ether oxygens (including phenoxy) is 2. The van der Waals surface area contributed by atoms with E-state index in [1.54, 1.807) is 14.2 Å². The molecule has 1 amide bonds. The lowest BCUT2D eigenvalue weighted by atomic mass is 9.95. The molecule has 2 N–H and O–H groups in total. The van der Waals surface area contributed by atoms with Crippen LogP contribution in [0.3, 0.4) is 0 Å². The number of hydrogen-bond donors (Lipinski definition) is 2. The van der Waals surface area contributed by atoms with Crippen molar-refractivity contribution in [3.05, 3.63) is 17.7 Å². The summed E-state index contributed by atoms with van der Waals surface area (Å²) in [7, 11) is 3.22. The zero-order valence-corrected chi connectivity index (χ0v) is 14.6. The predicted molar refractivity (Wildman–Crippen MR) is 92.4 cm³/mol. The Hall–Kier alpha value is -1.91. The lowest BCUT2D eigenvalue weighted by Crippen LogP contribution is -2.44. The van der Waals surface area contributed by atoms with Crippen LogP contribution < -0.4 is 20.1 Å². The van der Waals surface area contributed by atoms with Gasteiger partial charge < -0.3 is 20.1 Å². The molecule has 5 nitrogen and oxygen atoms in total. The monoisotopic (exact) mass is 320 g/mol. The first kappa shape index (κ1) is 17.4. The Bertz CT molecular complexity index is 539. The average Bonchev–Trinajstić information content (AvgIpc) is 2.57. The van der Waals surface area contributed by atoms with Crippen LogP contribution in [0.15, 0.2) is 12.1 Å². The summed E-state index contributed by atoms with van der Waals surface area (Å²) in [5.74, 6) is 1.39. The standard InChI is InChI=1S/C18H28N2O3/c1-12-10-16(22-3)17(23-4)11-15(12)19-13(2)18(21)20-14-8-6-5-7-9-14/h10-11,13-14,19H,5-9H2,1-4H3,(H,20,21). The molecule has 1 aliphatic rings. The third kappa shape index (κ3) is 4.53. The molecule has 0 heterocycles. The molecular formula is C18H28N2O3. The van der Waals surface area contributed by atoms with Gasteiger partial charge in [-0.05, 0) is 38.3 Å². The average molecular weight is 320 g/mol. The maximum atomic E-state index is 12.4. The molecule has 0 saturated heterocycles. The van der Waals surface area contributed by atoms with Gasteiger partial charge in [0.2, 0.25) is 5.91 Å². The molecule has 1 unspecified atom stereocenters. The van der Waals surface area contributed by atoms with Crippen LogP contribution in [0.1, 0.15) is 44.6 Å². The van der Waals surface area contributed by atoms with Crippen LogP contribution in [0.25, 0.3) is 0 Å². The number of nitrogens with one attached hydrogen (secondary N) is 2. The van der Waals surface area contributed by atoms with Gasteiger partial charge in [-0.1, -0.05) is 19.3 Å². The number of methoxy groups -OCH3 is 2. The van der Waals surface area contributed by atoms with Crippen molar-refractivity contribution in [3.8, 4) is 11.5 Å². The number of anilines is 1. The fourth-order valence-corrected chi connectivity index (χ4v) is 3.01. The fraction of sp³-hybridized carbons (Fsp3) is 0.611. The second-order valence-electron chi connectivity index (χ2n) is 6.23. The highest BCUT2D eigenvalue weighted by Gasteiger charge is 2.20. The maximum absolute atomic E-state index is 12.4. The number of rotatable bonds is 6. The molecule has 0 bridgehead atoms. The van der Waals surface area contributed by atoms with Crippen molar-refractivity contribution in [1.29, 1.82) is 0 Å². The van der Waals surface area contributed by atoms with E-state index < -0.39 is 0 Å². The summed E-state index contributed by atoms with van der Waals surface area (Å²) in [5, 5.41) is 6.43. The van der Waals surface area contributed by atoms with Crippen molar-refractivity contribution in [2.24, 2.45) is 0 Å². The van der Waals surface area contributed by atoms with Crippen LogP contribution >= 0.6 is 0 Å². The highest BCUT2D eigenvalue weighted by molar-refractivity contribution is 5.84. The second kappa shape index (κ2) is 8.09. The molecule has 5 heteroatoms. The Morgan fingerprint density at radius 2 is 1.74 bits per heavy atom. The summed E-state index contributed by atoms with van der Waals surface area (Å²) in [5.41, 5.74) is 1.90. The zero-order valence-electron chi connectivity index (χ0n) is 14.6. The summed E-state index contributed by atoms with van der Waals surface area (Å²) >= 11 is 0. The maximum Gasteiger partial charge on any atom is 0.242 e. The van der Waals surface area contributed by atoms with E-state index in [1.165, 1.54) is 19.3 Å². The second-order valence-corrected chi connectivity index (χ2v) is 6.23. The van der Waals surface area contributed by atoms with Gasteiger partial charge in [0.1, 0.15) is 6.04 Å². The van der Waals surface area contributed by atoms with Crippen LogP contribution in [0.5, 0.6) is 11.5 Å². The molecule has 1 atom stereocenters. The summed E-state index contributed by atoms with van der Waals surface area (Å²) in [6, 6.07) is 3.81. The van der Waals surface area contributed by atoms with E-state index in [2.05, 4.69) is 10.6 Å². The lowest BCUT2D eigenvalue weighted by Gasteiger charge is -2.25. The quantitative estimate of drug-likeness (QED) is 0.844. The van der Waals surface area contributed by atoms with Gasteiger partial charge >= 0.3 is 0 Å². The van der Waals surface area contributed by atoms with Gasteiger partial charge in [-0.25, -0.2) is 0 Å². The first-order chi connectivity index (χ1) is 11.0.